The van der Waals surface area contributed by atoms with E-state index in [1.807, 2.05) is 13.8 Å². The molecular weight excluding hydrogens is 348 g/mol. The number of benzene rings is 1. The van der Waals surface area contributed by atoms with Crippen LogP contribution in [0.15, 0.2) is 44.9 Å². The molecule has 0 aliphatic carbocycles. The Hall–Kier alpha value is -3.40. The van der Waals surface area contributed by atoms with Crippen molar-refractivity contribution in [3.63, 3.8) is 0 Å². The maximum Gasteiger partial charge on any atom is 0.343 e. The lowest BCUT2D eigenvalue weighted by molar-refractivity contribution is 0.287. The molecule has 7 heteroatoms. The molecule has 0 bridgehead atoms. The van der Waals surface area contributed by atoms with Crippen LogP contribution in [0.4, 0.5) is 0 Å². The van der Waals surface area contributed by atoms with Crippen molar-refractivity contribution in [2.24, 2.45) is 5.73 Å². The highest BCUT2D eigenvalue weighted by Gasteiger charge is 2.34. The number of nitrogens with zero attached hydrogens (tertiary/aromatic N) is 1. The predicted molar refractivity (Wildman–Crippen MR) is 97.8 cm³/mol. The molecule has 0 amide bonds. The zero-order chi connectivity index (χ0) is 19.6. The largest absolute Gasteiger partial charge is 0.490 e. The Bertz CT molecular complexity index is 1000. The molecule has 1 aromatic carbocycles. The summed E-state index contributed by atoms with van der Waals surface area (Å²) >= 11 is 0. The average Bonchev–Trinajstić information content (AvgIpc) is 2.62. The summed E-state index contributed by atoms with van der Waals surface area (Å²) in [5.74, 6) is 1.04. The van der Waals surface area contributed by atoms with Gasteiger partial charge in [-0.1, -0.05) is 6.07 Å². The minimum absolute atomic E-state index is 0.0353. The minimum atomic E-state index is -0.717. The topological polar surface area (TPSA) is 108 Å². The van der Waals surface area contributed by atoms with Crippen LogP contribution < -0.4 is 25.6 Å². The standard InChI is InChI=1S/C20H20N2O5/c1-4-24-14-7-6-12(9-15(14)25-5-2)17-13(10-21)19(22)27-16-8-11(3)26-20(23)18(16)17/h6-9,17H,4-5,22H2,1-3H3/t17-/m0/s1. The Labute approximate surface area is 156 Å². The number of fused-ring (bicyclic) bond motifs is 1. The molecule has 2 N–H and O–H groups in total. The first kappa shape index (κ1) is 18.4. The van der Waals surface area contributed by atoms with Gasteiger partial charge in [0.1, 0.15) is 23.2 Å². The van der Waals surface area contributed by atoms with Gasteiger partial charge in [-0.25, -0.2) is 4.79 Å². The van der Waals surface area contributed by atoms with E-state index in [1.54, 1.807) is 31.2 Å². The van der Waals surface area contributed by atoms with Gasteiger partial charge in [0.2, 0.25) is 5.88 Å². The molecule has 2 aromatic rings. The maximum atomic E-state index is 12.5. The summed E-state index contributed by atoms with van der Waals surface area (Å²) in [6.07, 6.45) is 0. The number of rotatable bonds is 5. The van der Waals surface area contributed by atoms with E-state index < -0.39 is 11.5 Å². The second-order valence-electron chi connectivity index (χ2n) is 5.92. The zero-order valence-corrected chi connectivity index (χ0v) is 15.4. The van der Waals surface area contributed by atoms with Crippen LogP contribution in [-0.4, -0.2) is 13.2 Å². The minimum Gasteiger partial charge on any atom is -0.490 e. The fraction of sp³-hybridized carbons (Fsp3) is 0.300. The second kappa shape index (κ2) is 7.46. The normalized spacial score (nSPS) is 15.6. The summed E-state index contributed by atoms with van der Waals surface area (Å²) in [6, 6.07) is 8.91. The molecule has 0 saturated heterocycles. The highest BCUT2D eigenvalue weighted by molar-refractivity contribution is 5.57. The predicted octanol–water partition coefficient (Wildman–Crippen LogP) is 2.96. The van der Waals surface area contributed by atoms with Gasteiger partial charge < -0.3 is 24.4 Å². The third-order valence-corrected chi connectivity index (χ3v) is 4.16. The second-order valence-corrected chi connectivity index (χ2v) is 5.92. The van der Waals surface area contributed by atoms with Crippen LogP contribution in [-0.2, 0) is 0 Å². The smallest absolute Gasteiger partial charge is 0.343 e. The van der Waals surface area contributed by atoms with Crippen molar-refractivity contribution >= 4 is 0 Å². The quantitative estimate of drug-likeness (QED) is 0.864. The van der Waals surface area contributed by atoms with Crippen LogP contribution in [0.2, 0.25) is 0 Å². The van der Waals surface area contributed by atoms with E-state index in [1.165, 1.54) is 0 Å². The molecule has 1 aliphatic heterocycles. The van der Waals surface area contributed by atoms with Gasteiger partial charge in [-0.3, -0.25) is 0 Å². The first-order chi connectivity index (χ1) is 13.0. The summed E-state index contributed by atoms with van der Waals surface area (Å²) in [5.41, 5.74) is 6.42. The lowest BCUT2D eigenvalue weighted by atomic mass is 9.84. The summed E-state index contributed by atoms with van der Waals surface area (Å²) in [4.78, 5) is 12.5. The van der Waals surface area contributed by atoms with Crippen molar-refractivity contribution in [2.45, 2.75) is 26.7 Å². The van der Waals surface area contributed by atoms with Gasteiger partial charge in [0, 0.05) is 6.07 Å². The van der Waals surface area contributed by atoms with E-state index >= 15 is 0 Å². The van der Waals surface area contributed by atoms with Gasteiger partial charge in [-0.15, -0.1) is 0 Å². The summed E-state index contributed by atoms with van der Waals surface area (Å²) in [6.45, 7) is 6.31. The van der Waals surface area contributed by atoms with E-state index in [9.17, 15) is 10.1 Å². The SMILES string of the molecule is CCOc1ccc([C@H]2C(C#N)=C(N)Oc3cc(C)oc(=O)c32)cc1OCC. The molecule has 0 radical (unpaired) electrons. The number of nitrogens with two attached hydrogens (primary N) is 1. The van der Waals surface area contributed by atoms with Crippen molar-refractivity contribution in [3.8, 4) is 23.3 Å². The molecule has 1 atom stereocenters. The fourth-order valence-corrected chi connectivity index (χ4v) is 3.10. The Morgan fingerprint density at radius 1 is 1.19 bits per heavy atom. The number of aryl methyl sites for hydroxylation is 1. The van der Waals surface area contributed by atoms with Gasteiger partial charge in [-0.2, -0.15) is 5.26 Å². The zero-order valence-electron chi connectivity index (χ0n) is 15.4. The summed E-state index contributed by atoms with van der Waals surface area (Å²) in [7, 11) is 0. The first-order valence-corrected chi connectivity index (χ1v) is 8.61. The van der Waals surface area contributed by atoms with Gasteiger partial charge in [-0.05, 0) is 38.5 Å². The molecule has 0 unspecified atom stereocenters. The molecule has 0 spiro atoms. The van der Waals surface area contributed by atoms with Gasteiger partial charge in [0.15, 0.2) is 11.5 Å². The van der Waals surface area contributed by atoms with Gasteiger partial charge in [0.25, 0.3) is 0 Å². The molecule has 2 heterocycles. The molecule has 1 aromatic heterocycles. The van der Waals surface area contributed by atoms with E-state index in [-0.39, 0.29) is 22.8 Å². The van der Waals surface area contributed by atoms with Crippen molar-refractivity contribution in [1.29, 1.82) is 5.26 Å². The molecule has 140 valence electrons. The third-order valence-electron chi connectivity index (χ3n) is 4.16. The first-order valence-electron chi connectivity index (χ1n) is 8.61. The summed E-state index contributed by atoms with van der Waals surface area (Å²) in [5, 5.41) is 9.62. The van der Waals surface area contributed by atoms with Gasteiger partial charge >= 0.3 is 5.63 Å². The number of ether oxygens (including phenoxy) is 3. The number of allylic oxidation sites excluding steroid dienone is 1. The lowest BCUT2D eigenvalue weighted by Crippen LogP contribution is -2.26. The van der Waals surface area contributed by atoms with Crippen LogP contribution in [0.25, 0.3) is 0 Å². The highest BCUT2D eigenvalue weighted by Crippen LogP contribution is 2.42. The van der Waals surface area contributed by atoms with E-state index in [0.29, 0.717) is 36.0 Å². The van der Waals surface area contributed by atoms with Crippen molar-refractivity contribution in [2.75, 3.05) is 13.2 Å². The van der Waals surface area contributed by atoms with Crippen molar-refractivity contribution < 1.29 is 18.6 Å². The number of hydrogen-bond donors (Lipinski definition) is 1. The Morgan fingerprint density at radius 3 is 2.56 bits per heavy atom. The molecule has 1 aliphatic rings. The Morgan fingerprint density at radius 2 is 1.89 bits per heavy atom. The van der Waals surface area contributed by atoms with Gasteiger partial charge in [0.05, 0.1) is 24.7 Å². The Kier molecular flexibility index (Phi) is 5.08. The lowest BCUT2D eigenvalue weighted by Gasteiger charge is -2.25. The van der Waals surface area contributed by atoms with E-state index in [4.69, 9.17) is 24.4 Å². The molecule has 0 saturated carbocycles. The van der Waals surface area contributed by atoms with Crippen molar-refractivity contribution in [1.82, 2.24) is 0 Å². The fourth-order valence-electron chi connectivity index (χ4n) is 3.10. The van der Waals surface area contributed by atoms with Crippen LogP contribution >= 0.6 is 0 Å². The summed E-state index contributed by atoms with van der Waals surface area (Å²) < 4.78 is 22.0. The third kappa shape index (κ3) is 3.34. The van der Waals surface area contributed by atoms with Crippen molar-refractivity contribution in [3.05, 3.63) is 63.0 Å². The van der Waals surface area contributed by atoms with Crippen LogP contribution in [0, 0.1) is 18.3 Å². The van der Waals surface area contributed by atoms with Crippen LogP contribution in [0.1, 0.15) is 36.7 Å². The monoisotopic (exact) mass is 368 g/mol. The maximum absolute atomic E-state index is 12.5. The Balaban J connectivity index is 2.22. The molecule has 0 fully saturated rings. The van der Waals surface area contributed by atoms with E-state index in [0.717, 1.165) is 0 Å². The van der Waals surface area contributed by atoms with E-state index in [2.05, 4.69) is 6.07 Å². The number of nitriles is 1. The number of hydrogen-bond acceptors (Lipinski definition) is 7. The molecule has 3 rings (SSSR count). The average molecular weight is 368 g/mol. The van der Waals surface area contributed by atoms with Crippen LogP contribution in [0.3, 0.4) is 0 Å². The molecular formula is C20H20N2O5. The highest BCUT2D eigenvalue weighted by atomic mass is 16.5. The molecule has 7 nitrogen and oxygen atoms in total. The molecule has 27 heavy (non-hydrogen) atoms. The van der Waals surface area contributed by atoms with Crippen LogP contribution in [0.5, 0.6) is 17.2 Å².